The summed E-state index contributed by atoms with van der Waals surface area (Å²) in [6.45, 7) is 11.4. The zero-order valence-corrected chi connectivity index (χ0v) is 47.9. The number of methoxy groups -OCH3 is 2. The fourth-order valence-corrected chi connectivity index (χ4v) is 10.1. The first-order valence-electron chi connectivity index (χ1n) is 25.5. The number of alkyl carbamates (subject to hydrolysis) is 1. The van der Waals surface area contributed by atoms with Crippen LogP contribution in [0.15, 0.2) is 35.9 Å². The molecule has 2 fully saturated rings. The highest BCUT2D eigenvalue weighted by molar-refractivity contribution is 7.99. The van der Waals surface area contributed by atoms with Crippen molar-refractivity contribution in [1.29, 1.82) is 0 Å². The van der Waals surface area contributed by atoms with E-state index in [1.54, 1.807) is 45.2 Å². The summed E-state index contributed by atoms with van der Waals surface area (Å²) in [6.07, 6.45) is 3.40. The molecule has 4 bridgehead atoms. The number of rotatable bonds is 22. The average Bonchev–Trinajstić information content (AvgIpc) is 4.07. The lowest BCUT2D eigenvalue weighted by Gasteiger charge is -2.42. The number of aliphatic hydroxyl groups is 1. The Balaban J connectivity index is 1.33. The number of unbranched alkanes of at least 4 members (excludes halogenated alkanes) is 2. The van der Waals surface area contributed by atoms with Crippen LogP contribution in [0.4, 0.5) is 10.5 Å². The Bertz CT molecular complexity index is 2330. The molecule has 3 heterocycles. The lowest BCUT2D eigenvalue weighted by molar-refractivity contribution is -0.162. The number of thioether (sulfide) groups is 1. The summed E-state index contributed by atoms with van der Waals surface area (Å²) in [5.41, 5.74) is -1.11. The number of anilines is 1. The molecule has 7 amide bonds. The highest BCUT2D eigenvalue weighted by Crippen LogP contribution is 2.49. The third kappa shape index (κ3) is 17.5. The third-order valence-corrected chi connectivity index (χ3v) is 15.5. The summed E-state index contributed by atoms with van der Waals surface area (Å²) in [5.74, 6) is -2.12. The molecule has 76 heavy (non-hydrogen) atoms. The van der Waals surface area contributed by atoms with Gasteiger partial charge >= 0.3 is 12.1 Å². The van der Waals surface area contributed by atoms with Gasteiger partial charge in [0.15, 0.2) is 5.72 Å². The van der Waals surface area contributed by atoms with Gasteiger partial charge in [-0.25, -0.2) is 9.59 Å². The average molecular weight is 1120 g/mol. The van der Waals surface area contributed by atoms with Crippen LogP contribution in [0.25, 0.3) is 0 Å². The van der Waals surface area contributed by atoms with Gasteiger partial charge in [-0.05, 0) is 96.4 Å². The molecule has 0 aromatic heterocycles. The number of carbonyl (C=O) groups is 8. The second-order valence-electron chi connectivity index (χ2n) is 19.9. The Morgan fingerprint density at radius 2 is 1.64 bits per heavy atom. The maximum Gasteiger partial charge on any atom is 0.409 e. The van der Waals surface area contributed by atoms with Gasteiger partial charge in [0.2, 0.25) is 35.4 Å². The van der Waals surface area contributed by atoms with Crippen molar-refractivity contribution in [2.75, 3.05) is 50.6 Å². The van der Waals surface area contributed by atoms with E-state index >= 15 is 0 Å². The number of allylic oxidation sites excluding steroid dienone is 3. The van der Waals surface area contributed by atoms with E-state index in [-0.39, 0.29) is 48.4 Å². The van der Waals surface area contributed by atoms with E-state index in [9.17, 15) is 43.5 Å². The van der Waals surface area contributed by atoms with Crippen molar-refractivity contribution in [2.45, 2.75) is 166 Å². The molecule has 0 spiro atoms. The highest BCUT2D eigenvalue weighted by atomic mass is 35.5. The molecule has 21 nitrogen and oxygen atoms in total. The van der Waals surface area contributed by atoms with Crippen molar-refractivity contribution < 1.29 is 67.1 Å². The summed E-state index contributed by atoms with van der Waals surface area (Å²) < 4.78 is 29.4. The van der Waals surface area contributed by atoms with Crippen LogP contribution in [0.2, 0.25) is 5.02 Å². The number of fused-ring (bicyclic) bond motifs is 5. The number of hydrogen-bond donors (Lipinski definition) is 7. The van der Waals surface area contributed by atoms with E-state index in [2.05, 4.69) is 39.2 Å². The minimum Gasteiger partial charge on any atom is -0.495 e. The molecule has 0 saturated carbocycles. The van der Waals surface area contributed by atoms with Crippen molar-refractivity contribution in [1.82, 2.24) is 31.5 Å². The molecule has 1 aromatic carbocycles. The Hall–Kier alpha value is -5.07. The van der Waals surface area contributed by atoms with Crippen LogP contribution in [-0.2, 0) is 58.9 Å². The maximum atomic E-state index is 14.3. The van der Waals surface area contributed by atoms with Gasteiger partial charge in [-0.1, -0.05) is 48.7 Å². The van der Waals surface area contributed by atoms with E-state index in [4.69, 9.17) is 35.3 Å². The van der Waals surface area contributed by atoms with Crippen LogP contribution >= 0.6 is 36.0 Å². The maximum absolute atomic E-state index is 14.3. The second-order valence-corrected chi connectivity index (χ2v) is 21.8. The van der Waals surface area contributed by atoms with Crippen LogP contribution < -0.4 is 36.2 Å². The van der Waals surface area contributed by atoms with Crippen molar-refractivity contribution in [3.63, 3.8) is 0 Å². The van der Waals surface area contributed by atoms with E-state index < -0.39 is 102 Å². The molecule has 6 N–H and O–H groups in total. The number of thiol groups is 1. The molecule has 4 rings (SSSR count). The minimum atomic E-state index is -1.87. The Morgan fingerprint density at radius 3 is 2.29 bits per heavy atom. The predicted octanol–water partition coefficient (Wildman–Crippen LogP) is 4.11. The number of amides is 7. The van der Waals surface area contributed by atoms with Gasteiger partial charge in [-0.2, -0.15) is 12.6 Å². The van der Waals surface area contributed by atoms with E-state index in [1.807, 2.05) is 13.0 Å². The third-order valence-electron chi connectivity index (χ3n) is 13.9. The number of hydrogen-bond acceptors (Lipinski definition) is 16. The van der Waals surface area contributed by atoms with Gasteiger partial charge in [-0.3, -0.25) is 34.1 Å². The number of epoxide rings is 1. The summed E-state index contributed by atoms with van der Waals surface area (Å²) in [4.78, 5) is 107. The first-order valence-corrected chi connectivity index (χ1v) is 27.7. The van der Waals surface area contributed by atoms with Crippen LogP contribution in [0.5, 0.6) is 5.75 Å². The van der Waals surface area contributed by atoms with E-state index in [1.165, 1.54) is 70.5 Å². The summed E-state index contributed by atoms with van der Waals surface area (Å²) in [6, 6.07) is -0.209. The minimum absolute atomic E-state index is 0.0890. The van der Waals surface area contributed by atoms with Gasteiger partial charge in [0.1, 0.15) is 58.9 Å². The number of esters is 1. The number of nitrogens with zero attached hydrogens (tertiary/aromatic N) is 2. The predicted molar refractivity (Wildman–Crippen MR) is 291 cm³/mol. The molecule has 0 aliphatic carbocycles. The van der Waals surface area contributed by atoms with Gasteiger partial charge in [0.25, 0.3) is 0 Å². The molecule has 0 radical (unpaired) electrons. The SMILES string of the molecule is COc1cc2cc(c1Cl)N(C)C(=O)C[C@H](OC(=O)[C@H](C)N(C)C(=O)CCCCCSCNC(=O)[C@H](C)NC(=O)[C@@H](C)NC(=O)[C@H](C)NC(=O)CCCS)[C@]1(C)O[C@H]1[C@H](C)[C@@H]1C[C@@](O)(NC(=O)O1)[C@H](OC)/C=C/C=C(\C)C2. The standard InChI is InChI=1S/C52H78ClN7O14S2/c1-29-17-15-18-39(71-11)52(69)27-38(72-50(68)58-52)30(2)45-51(7,74-45)40(26-43(63)60(9)36-24-35(23-29)25-37(70-10)44(36)53)73-49(67)34(6)59(8)42(62)20-13-12-14-22-76-28-54-46(64)31(3)56-48(66)33(5)57-47(65)32(4)55-41(61)19-16-21-75/h15,17-18,24-25,30-34,38-40,45,69,75H,12-14,16,19-23,26-28H2,1-11H3,(H,54,64)(H,55,61)(H,56,66)(H,57,65)(H,58,68)/b18-15+,29-17+/t30-,31+,32+,33-,34+,38+,39-,40+,45+,51+,52+/m1/s1. The second kappa shape index (κ2) is 29.1. The first kappa shape index (κ1) is 63.5. The molecular formula is C52H78ClN7O14S2. The van der Waals surface area contributed by atoms with Crippen LogP contribution in [0.1, 0.15) is 105 Å². The van der Waals surface area contributed by atoms with Gasteiger partial charge in [-0.15, -0.1) is 11.8 Å². The molecule has 1 aromatic rings. The summed E-state index contributed by atoms with van der Waals surface area (Å²) >= 11 is 12.3. The number of ether oxygens (including phenoxy) is 5. The molecule has 0 unspecified atom stereocenters. The number of carbonyl (C=O) groups excluding carboxylic acids is 8. The fraction of sp³-hybridized carbons (Fsp3) is 0.654. The smallest absolute Gasteiger partial charge is 0.409 e. The fourth-order valence-electron chi connectivity index (χ4n) is 8.83. The quantitative estimate of drug-likeness (QED) is 0.0283. The van der Waals surface area contributed by atoms with Crippen molar-refractivity contribution >= 4 is 89.2 Å². The van der Waals surface area contributed by atoms with Crippen LogP contribution in [-0.4, -0.2) is 163 Å². The monoisotopic (exact) mass is 1120 g/mol. The Kier molecular flexibility index (Phi) is 24.3. The molecule has 24 heteroatoms. The van der Waals surface area contributed by atoms with Crippen LogP contribution in [0.3, 0.4) is 0 Å². The van der Waals surface area contributed by atoms with E-state index in [0.717, 1.165) is 17.6 Å². The topological polar surface area (TPSA) is 273 Å². The zero-order valence-electron chi connectivity index (χ0n) is 45.5. The molecule has 2 saturated heterocycles. The van der Waals surface area contributed by atoms with Crippen molar-refractivity contribution in [2.24, 2.45) is 5.92 Å². The van der Waals surface area contributed by atoms with E-state index in [0.29, 0.717) is 48.6 Å². The van der Waals surface area contributed by atoms with Gasteiger partial charge < -0.3 is 59.9 Å². The highest BCUT2D eigenvalue weighted by Gasteiger charge is 2.64. The molecular weight excluding hydrogens is 1050 g/mol. The number of nitrogens with one attached hydrogen (secondary N) is 5. The van der Waals surface area contributed by atoms with Crippen molar-refractivity contribution in [3.05, 3.63) is 46.5 Å². The lowest BCUT2D eigenvalue weighted by Crippen LogP contribution is -2.63. The summed E-state index contributed by atoms with van der Waals surface area (Å²) in [7, 11) is 5.95. The number of benzene rings is 1. The Morgan fingerprint density at radius 1 is 0.987 bits per heavy atom. The molecule has 424 valence electrons. The molecule has 3 aliphatic rings. The Labute approximate surface area is 460 Å². The summed E-state index contributed by atoms with van der Waals surface area (Å²) in [5, 5.41) is 25.0. The van der Waals surface area contributed by atoms with Gasteiger partial charge in [0, 0.05) is 46.4 Å². The number of halogens is 1. The largest absolute Gasteiger partial charge is 0.495 e. The van der Waals surface area contributed by atoms with Gasteiger partial charge in [0.05, 0.1) is 31.2 Å². The molecule has 11 atom stereocenters. The zero-order chi connectivity index (χ0) is 56.7. The van der Waals surface area contributed by atoms with Crippen molar-refractivity contribution in [3.8, 4) is 5.75 Å². The first-order chi connectivity index (χ1) is 35.8. The molecule has 3 aliphatic heterocycles. The lowest BCUT2D eigenvalue weighted by atomic mass is 9.83. The normalized spacial score (nSPS) is 26.3. The number of likely N-dealkylation sites (N-methyl/N-ethyl adjacent to an activating group) is 1. The van der Waals surface area contributed by atoms with Crippen LogP contribution in [0, 0.1) is 5.92 Å².